The predicted octanol–water partition coefficient (Wildman–Crippen LogP) is 3.84. The van der Waals surface area contributed by atoms with Gasteiger partial charge in [0.25, 0.3) is 0 Å². The van der Waals surface area contributed by atoms with Crippen molar-refractivity contribution in [1.29, 1.82) is 0 Å². The van der Waals surface area contributed by atoms with Crippen LogP contribution in [0.5, 0.6) is 5.75 Å². The van der Waals surface area contributed by atoms with Crippen LogP contribution < -0.4 is 15.8 Å². The van der Waals surface area contributed by atoms with Crippen LogP contribution >= 0.6 is 24.0 Å². The molecule has 2 aromatic rings. The average molecular weight is 463 g/mol. The van der Waals surface area contributed by atoms with Gasteiger partial charge in [-0.15, -0.1) is 24.0 Å². The second-order valence-corrected chi connectivity index (χ2v) is 6.97. The summed E-state index contributed by atoms with van der Waals surface area (Å²) in [6, 6.07) is 17.1. The first-order chi connectivity index (χ1) is 12.3. The van der Waals surface area contributed by atoms with Crippen molar-refractivity contribution in [3.8, 4) is 5.75 Å². The van der Waals surface area contributed by atoms with Crippen LogP contribution in [0.25, 0.3) is 0 Å². The Labute approximate surface area is 172 Å². The first-order valence-electron chi connectivity index (χ1n) is 9.14. The van der Waals surface area contributed by atoms with Gasteiger partial charge in [0, 0.05) is 18.5 Å². The summed E-state index contributed by atoms with van der Waals surface area (Å²) in [6.07, 6.45) is 4.34. The molecular weight excluding hydrogens is 437 g/mol. The van der Waals surface area contributed by atoms with Crippen molar-refractivity contribution < 1.29 is 4.74 Å². The van der Waals surface area contributed by atoms with Crippen molar-refractivity contribution in [2.75, 3.05) is 13.2 Å². The maximum Gasteiger partial charge on any atom is 0.189 e. The van der Waals surface area contributed by atoms with Crippen molar-refractivity contribution in [3.63, 3.8) is 0 Å². The van der Waals surface area contributed by atoms with E-state index in [2.05, 4.69) is 40.6 Å². The molecule has 0 amide bonds. The molecule has 3 N–H and O–H groups in total. The van der Waals surface area contributed by atoms with Crippen LogP contribution in [0, 0.1) is 5.92 Å². The number of nitrogens with one attached hydrogen (secondary N) is 1. The van der Waals surface area contributed by atoms with Crippen LogP contribution in [0.2, 0.25) is 0 Å². The summed E-state index contributed by atoms with van der Waals surface area (Å²) in [5.74, 6) is 2.18. The van der Waals surface area contributed by atoms with Gasteiger partial charge < -0.3 is 15.8 Å². The number of guanidine groups is 1. The molecule has 4 nitrogen and oxygen atoms in total. The fourth-order valence-corrected chi connectivity index (χ4v) is 3.94. The Morgan fingerprint density at radius 2 is 1.77 bits per heavy atom. The molecule has 0 saturated heterocycles. The lowest BCUT2D eigenvalue weighted by molar-refractivity contribution is 0.262. The van der Waals surface area contributed by atoms with E-state index >= 15 is 0 Å². The summed E-state index contributed by atoms with van der Waals surface area (Å²) in [6.45, 7) is 1.49. The maximum atomic E-state index is 6.13. The van der Waals surface area contributed by atoms with Gasteiger partial charge in [0.05, 0.1) is 12.6 Å². The zero-order valence-corrected chi connectivity index (χ0v) is 17.2. The second-order valence-electron chi connectivity index (χ2n) is 6.97. The van der Waals surface area contributed by atoms with Gasteiger partial charge in [-0.05, 0) is 42.4 Å². The Kier molecular flexibility index (Phi) is 6.40. The molecule has 0 bridgehead atoms. The number of hydrogen-bond donors (Lipinski definition) is 2. The van der Waals surface area contributed by atoms with E-state index in [1.54, 1.807) is 0 Å². The molecule has 0 radical (unpaired) electrons. The number of halogens is 1. The molecular formula is C21H26IN3O. The van der Waals surface area contributed by atoms with Gasteiger partial charge in [-0.25, -0.2) is 0 Å². The lowest BCUT2D eigenvalue weighted by Gasteiger charge is -2.27. The first-order valence-corrected chi connectivity index (χ1v) is 9.14. The van der Waals surface area contributed by atoms with E-state index in [4.69, 9.17) is 10.5 Å². The Morgan fingerprint density at radius 3 is 2.54 bits per heavy atom. The van der Waals surface area contributed by atoms with Crippen molar-refractivity contribution in [2.45, 2.75) is 31.7 Å². The zero-order chi connectivity index (χ0) is 17.1. The van der Waals surface area contributed by atoms with Gasteiger partial charge >= 0.3 is 0 Å². The minimum Gasteiger partial charge on any atom is -0.493 e. The standard InChI is InChI=1S/C21H25N3O.HI/c22-21(24-19-10-12-25-20-8-4-3-7-18(19)20)23-11-9-15-13-16-5-1-2-6-17(16)14-15;/h1-8,15,19H,9-14H2,(H3,22,23,24);1H. The number of aliphatic imine (C=N–C) groups is 1. The van der Waals surface area contributed by atoms with E-state index in [-0.39, 0.29) is 30.0 Å². The van der Waals surface area contributed by atoms with Gasteiger partial charge in [-0.3, -0.25) is 4.99 Å². The molecule has 0 fully saturated rings. The van der Waals surface area contributed by atoms with E-state index in [1.807, 2.05) is 18.2 Å². The van der Waals surface area contributed by atoms with Gasteiger partial charge in [-0.1, -0.05) is 42.5 Å². The molecule has 0 spiro atoms. The quantitative estimate of drug-likeness (QED) is 0.412. The molecule has 5 heteroatoms. The largest absolute Gasteiger partial charge is 0.493 e. The Hall–Kier alpha value is -1.76. The smallest absolute Gasteiger partial charge is 0.189 e. The highest BCUT2D eigenvalue weighted by Crippen LogP contribution is 2.31. The van der Waals surface area contributed by atoms with Crippen molar-refractivity contribution in [2.24, 2.45) is 16.6 Å². The second kappa shape index (κ2) is 8.75. The summed E-state index contributed by atoms with van der Waals surface area (Å²) in [4.78, 5) is 4.56. The van der Waals surface area contributed by atoms with Gasteiger partial charge in [0.2, 0.25) is 0 Å². The minimum absolute atomic E-state index is 0. The highest BCUT2D eigenvalue weighted by atomic mass is 127. The normalized spacial score (nSPS) is 19.1. The van der Waals surface area contributed by atoms with Crippen molar-refractivity contribution in [3.05, 3.63) is 65.2 Å². The Bertz CT molecular complexity index is 752. The number of fused-ring (bicyclic) bond motifs is 2. The highest BCUT2D eigenvalue weighted by Gasteiger charge is 2.22. The van der Waals surface area contributed by atoms with Gasteiger partial charge in [0.15, 0.2) is 5.96 Å². The lowest BCUT2D eigenvalue weighted by Crippen LogP contribution is -2.37. The number of para-hydroxylation sites is 1. The summed E-state index contributed by atoms with van der Waals surface area (Å²) >= 11 is 0. The van der Waals surface area contributed by atoms with E-state index in [0.29, 0.717) is 18.5 Å². The van der Waals surface area contributed by atoms with Crippen LogP contribution in [-0.2, 0) is 12.8 Å². The predicted molar refractivity (Wildman–Crippen MR) is 116 cm³/mol. The number of benzene rings is 2. The van der Waals surface area contributed by atoms with Gasteiger partial charge in [0.1, 0.15) is 5.75 Å². The third-order valence-electron chi connectivity index (χ3n) is 5.24. The number of hydrogen-bond acceptors (Lipinski definition) is 2. The first kappa shape index (κ1) is 19.0. The molecule has 26 heavy (non-hydrogen) atoms. The highest BCUT2D eigenvalue weighted by molar-refractivity contribution is 14.0. The monoisotopic (exact) mass is 463 g/mol. The average Bonchev–Trinajstić information content (AvgIpc) is 3.05. The molecule has 1 atom stereocenters. The van der Waals surface area contributed by atoms with Gasteiger partial charge in [-0.2, -0.15) is 0 Å². The number of ether oxygens (including phenoxy) is 1. The van der Waals surface area contributed by atoms with Crippen LogP contribution in [0.1, 0.15) is 35.6 Å². The van der Waals surface area contributed by atoms with Crippen molar-refractivity contribution in [1.82, 2.24) is 5.32 Å². The zero-order valence-electron chi connectivity index (χ0n) is 14.9. The third-order valence-corrected chi connectivity index (χ3v) is 5.24. The molecule has 2 aliphatic rings. The SMILES string of the molecule is I.NC(=NCCC1Cc2ccccc2C1)NC1CCOc2ccccc21. The molecule has 1 heterocycles. The van der Waals surface area contributed by atoms with Crippen molar-refractivity contribution >= 4 is 29.9 Å². The lowest BCUT2D eigenvalue weighted by atomic mass is 10.0. The Morgan fingerprint density at radius 1 is 1.08 bits per heavy atom. The summed E-state index contributed by atoms with van der Waals surface area (Å²) in [5.41, 5.74) is 10.3. The minimum atomic E-state index is 0. The third kappa shape index (κ3) is 4.31. The molecule has 0 saturated carbocycles. The topological polar surface area (TPSA) is 59.6 Å². The molecule has 138 valence electrons. The van der Waals surface area contributed by atoms with Crippen LogP contribution in [-0.4, -0.2) is 19.1 Å². The molecule has 4 rings (SSSR count). The van der Waals surface area contributed by atoms with E-state index in [9.17, 15) is 0 Å². The fourth-order valence-electron chi connectivity index (χ4n) is 3.94. The van der Waals surface area contributed by atoms with Crippen LogP contribution in [0.15, 0.2) is 53.5 Å². The van der Waals surface area contributed by atoms with Crippen LogP contribution in [0.3, 0.4) is 0 Å². The fraction of sp³-hybridized carbons (Fsp3) is 0.381. The molecule has 2 aromatic carbocycles. The summed E-state index contributed by atoms with van der Waals surface area (Å²) < 4.78 is 5.69. The van der Waals surface area contributed by atoms with Crippen LogP contribution in [0.4, 0.5) is 0 Å². The summed E-state index contributed by atoms with van der Waals surface area (Å²) in [5, 5.41) is 3.37. The molecule has 0 aromatic heterocycles. The molecule has 1 unspecified atom stereocenters. The number of rotatable bonds is 4. The maximum absolute atomic E-state index is 6.13. The number of nitrogens with zero attached hydrogens (tertiary/aromatic N) is 1. The summed E-state index contributed by atoms with van der Waals surface area (Å²) in [7, 11) is 0. The van der Waals surface area contributed by atoms with E-state index < -0.39 is 0 Å². The molecule has 1 aliphatic heterocycles. The van der Waals surface area contributed by atoms with E-state index in [0.717, 1.165) is 30.7 Å². The number of nitrogens with two attached hydrogens (primary N) is 1. The Balaban J connectivity index is 0.00000196. The molecule has 1 aliphatic carbocycles. The van der Waals surface area contributed by atoms with E-state index in [1.165, 1.54) is 24.0 Å².